The first-order chi connectivity index (χ1) is 20.8. The molecule has 2 aromatic heterocycles. The Labute approximate surface area is 253 Å². The summed E-state index contributed by atoms with van der Waals surface area (Å²) < 4.78 is 0. The first kappa shape index (κ1) is 30.0. The quantitative estimate of drug-likeness (QED) is 0.238. The number of nitrogens with zero attached hydrogens (tertiary/aromatic N) is 5. The summed E-state index contributed by atoms with van der Waals surface area (Å²) in [6.45, 7) is 3.78. The molecule has 0 unspecified atom stereocenters. The Kier molecular flexibility index (Phi) is 9.52. The van der Waals surface area contributed by atoms with Crippen molar-refractivity contribution in [1.29, 1.82) is 5.26 Å². The van der Waals surface area contributed by atoms with Gasteiger partial charge in [0.2, 0.25) is 0 Å². The summed E-state index contributed by atoms with van der Waals surface area (Å²) >= 11 is 0. The summed E-state index contributed by atoms with van der Waals surface area (Å²) in [5, 5.41) is 12.5. The van der Waals surface area contributed by atoms with Gasteiger partial charge in [-0.3, -0.25) is 14.6 Å². The van der Waals surface area contributed by atoms with Gasteiger partial charge in [-0.05, 0) is 94.1 Å². The number of nitrogens with two attached hydrogens (primary N) is 2. The zero-order chi connectivity index (χ0) is 30.3. The Hall–Kier alpha value is -4.49. The van der Waals surface area contributed by atoms with Crippen LogP contribution in [0.4, 0.5) is 17.2 Å². The van der Waals surface area contributed by atoms with E-state index in [-0.39, 0.29) is 11.8 Å². The Morgan fingerprint density at radius 3 is 2.42 bits per heavy atom. The molecule has 1 aromatic carbocycles. The molecular weight excluding hydrogens is 540 g/mol. The van der Waals surface area contributed by atoms with E-state index in [0.29, 0.717) is 46.8 Å². The number of benzene rings is 1. The summed E-state index contributed by atoms with van der Waals surface area (Å²) in [6, 6.07) is 13.4. The molecule has 2 fully saturated rings. The van der Waals surface area contributed by atoms with Gasteiger partial charge < -0.3 is 26.6 Å². The number of likely N-dealkylation sites (tertiary alicyclic amines) is 1. The van der Waals surface area contributed by atoms with Crippen molar-refractivity contribution >= 4 is 28.9 Å². The molecule has 10 nitrogen and oxygen atoms in total. The number of Topliss-reactive ketones (excluding diaryl/α,β-unsaturated/α-hetero) is 1. The Morgan fingerprint density at radius 1 is 1.00 bits per heavy atom. The number of hydrogen-bond acceptors (Lipinski definition) is 9. The SMILES string of the molecule is CN1CCC(CCC(=O)c2ccc(Cc3cc(NC4CCN(c5ccc(C#N)cn5)CC4)c(C(N)=O)cn3)cc2N)CC1. The van der Waals surface area contributed by atoms with E-state index < -0.39 is 5.91 Å². The number of piperidine rings is 2. The van der Waals surface area contributed by atoms with E-state index in [4.69, 9.17) is 16.7 Å². The maximum atomic E-state index is 12.9. The number of ketones is 1. The van der Waals surface area contributed by atoms with Crippen molar-refractivity contribution in [3.8, 4) is 6.07 Å². The van der Waals surface area contributed by atoms with Crippen LogP contribution < -0.4 is 21.7 Å². The Balaban J connectivity index is 1.20. The van der Waals surface area contributed by atoms with E-state index in [1.165, 1.54) is 6.20 Å². The largest absolute Gasteiger partial charge is 0.398 e. The van der Waals surface area contributed by atoms with Crippen molar-refractivity contribution in [2.75, 3.05) is 49.2 Å². The highest BCUT2D eigenvalue weighted by atomic mass is 16.1. The molecule has 0 aliphatic carbocycles. The molecule has 2 aliphatic heterocycles. The minimum Gasteiger partial charge on any atom is -0.398 e. The molecule has 5 N–H and O–H groups in total. The number of carbonyl (C=O) groups excluding carboxylic acids is 2. The normalized spacial score (nSPS) is 16.5. The number of amides is 1. The molecule has 0 spiro atoms. The average Bonchev–Trinajstić information content (AvgIpc) is 3.01. The van der Waals surface area contributed by atoms with Crippen molar-refractivity contribution in [3.05, 3.63) is 76.7 Å². The fourth-order valence-electron chi connectivity index (χ4n) is 6.03. The van der Waals surface area contributed by atoms with Crippen molar-refractivity contribution in [1.82, 2.24) is 14.9 Å². The van der Waals surface area contributed by atoms with Gasteiger partial charge >= 0.3 is 0 Å². The summed E-state index contributed by atoms with van der Waals surface area (Å²) in [7, 11) is 2.14. The summed E-state index contributed by atoms with van der Waals surface area (Å²) in [6.07, 6.45) is 9.04. The van der Waals surface area contributed by atoms with Crippen LogP contribution in [0.25, 0.3) is 0 Å². The third-order valence-electron chi connectivity index (χ3n) is 8.70. The number of rotatable bonds is 10. The Bertz CT molecular complexity index is 1480. The minimum atomic E-state index is -0.534. The topological polar surface area (TPSA) is 154 Å². The fraction of sp³-hybridized carbons (Fsp3) is 0.424. The average molecular weight is 581 g/mol. The van der Waals surface area contributed by atoms with Crippen LogP contribution in [0.2, 0.25) is 0 Å². The number of nitriles is 1. The van der Waals surface area contributed by atoms with Gasteiger partial charge in [0.25, 0.3) is 5.91 Å². The maximum absolute atomic E-state index is 12.9. The smallest absolute Gasteiger partial charge is 0.252 e. The molecule has 4 heterocycles. The fourth-order valence-corrected chi connectivity index (χ4v) is 6.03. The lowest BCUT2D eigenvalue weighted by atomic mass is 9.90. The predicted octanol–water partition coefficient (Wildman–Crippen LogP) is 4.01. The lowest BCUT2D eigenvalue weighted by molar-refractivity contribution is 0.0964. The number of carbonyl (C=O) groups is 2. The van der Waals surface area contributed by atoms with Gasteiger partial charge in [0, 0.05) is 61.3 Å². The van der Waals surface area contributed by atoms with E-state index in [1.54, 1.807) is 12.3 Å². The molecular formula is C33H40N8O2. The predicted molar refractivity (Wildman–Crippen MR) is 168 cm³/mol. The summed E-state index contributed by atoms with van der Waals surface area (Å²) in [4.78, 5) is 38.6. The lowest BCUT2D eigenvalue weighted by Gasteiger charge is -2.34. The van der Waals surface area contributed by atoms with Gasteiger partial charge in [0.15, 0.2) is 5.78 Å². The second-order valence-corrected chi connectivity index (χ2v) is 11.8. The first-order valence-corrected chi connectivity index (χ1v) is 15.1. The molecule has 10 heteroatoms. The highest BCUT2D eigenvalue weighted by molar-refractivity contribution is 6.01. The molecule has 1 amide bonds. The second kappa shape index (κ2) is 13.7. The number of aromatic nitrogens is 2. The monoisotopic (exact) mass is 580 g/mol. The molecule has 2 aliphatic rings. The zero-order valence-electron chi connectivity index (χ0n) is 24.8. The highest BCUT2D eigenvalue weighted by Gasteiger charge is 2.23. The molecule has 0 atom stereocenters. The zero-order valence-corrected chi connectivity index (χ0v) is 24.8. The van der Waals surface area contributed by atoms with Gasteiger partial charge in [-0.2, -0.15) is 5.26 Å². The minimum absolute atomic E-state index is 0.0967. The van der Waals surface area contributed by atoms with Crippen molar-refractivity contribution in [2.45, 2.75) is 51.0 Å². The van der Waals surface area contributed by atoms with E-state index >= 15 is 0 Å². The van der Waals surface area contributed by atoms with E-state index in [1.807, 2.05) is 30.3 Å². The van der Waals surface area contributed by atoms with Crippen molar-refractivity contribution in [3.63, 3.8) is 0 Å². The third kappa shape index (κ3) is 7.67. The molecule has 3 aromatic rings. The number of primary amides is 1. The number of nitrogen functional groups attached to an aromatic ring is 1. The molecule has 0 radical (unpaired) electrons. The molecule has 224 valence electrons. The van der Waals surface area contributed by atoms with Crippen LogP contribution in [-0.4, -0.2) is 65.8 Å². The van der Waals surface area contributed by atoms with Crippen LogP contribution in [0.15, 0.2) is 48.8 Å². The van der Waals surface area contributed by atoms with E-state index in [9.17, 15) is 9.59 Å². The number of nitrogens with one attached hydrogen (secondary N) is 1. The molecule has 0 saturated carbocycles. The maximum Gasteiger partial charge on any atom is 0.252 e. The molecule has 0 bridgehead atoms. The van der Waals surface area contributed by atoms with Crippen LogP contribution >= 0.6 is 0 Å². The van der Waals surface area contributed by atoms with Crippen LogP contribution in [0, 0.1) is 17.2 Å². The number of pyridine rings is 2. The molecule has 5 rings (SSSR count). The van der Waals surface area contributed by atoms with Crippen molar-refractivity contribution in [2.24, 2.45) is 11.7 Å². The van der Waals surface area contributed by atoms with Crippen LogP contribution in [0.5, 0.6) is 0 Å². The summed E-state index contributed by atoms with van der Waals surface area (Å²) in [5.41, 5.74) is 16.4. The Morgan fingerprint density at radius 2 is 1.77 bits per heavy atom. The number of anilines is 3. The van der Waals surface area contributed by atoms with Gasteiger partial charge in [-0.15, -0.1) is 0 Å². The van der Waals surface area contributed by atoms with Crippen LogP contribution in [0.3, 0.4) is 0 Å². The first-order valence-electron chi connectivity index (χ1n) is 15.1. The second-order valence-electron chi connectivity index (χ2n) is 11.8. The van der Waals surface area contributed by atoms with Crippen LogP contribution in [-0.2, 0) is 6.42 Å². The standard InChI is InChI=1S/C33H40N8O2/c1-40-12-8-22(9-13-40)3-6-31(42)27-5-2-23(17-29(27)35)16-26-18-30(28(21-37-26)33(36)43)39-25-10-14-41(15-11-25)32-7-4-24(19-34)20-38-32/h2,4-5,7,17-18,20-22,25H,3,6,8-16,35H2,1H3,(H2,36,43)(H,37,39). The van der Waals surface area contributed by atoms with E-state index in [0.717, 1.165) is 75.4 Å². The molecule has 43 heavy (non-hydrogen) atoms. The third-order valence-corrected chi connectivity index (χ3v) is 8.70. The van der Waals surface area contributed by atoms with Gasteiger partial charge in [-0.25, -0.2) is 4.98 Å². The molecule has 2 saturated heterocycles. The lowest BCUT2D eigenvalue weighted by Crippen LogP contribution is -2.39. The van der Waals surface area contributed by atoms with Gasteiger partial charge in [-0.1, -0.05) is 6.07 Å². The van der Waals surface area contributed by atoms with Gasteiger partial charge in [0.1, 0.15) is 11.9 Å². The number of hydrogen-bond donors (Lipinski definition) is 3. The van der Waals surface area contributed by atoms with Gasteiger partial charge in [0.05, 0.1) is 16.8 Å². The summed E-state index contributed by atoms with van der Waals surface area (Å²) in [5.74, 6) is 1.02. The highest BCUT2D eigenvalue weighted by Crippen LogP contribution is 2.26. The van der Waals surface area contributed by atoms with E-state index in [2.05, 4.69) is 38.2 Å². The van der Waals surface area contributed by atoms with Crippen molar-refractivity contribution < 1.29 is 9.59 Å². The van der Waals surface area contributed by atoms with Crippen LogP contribution in [0.1, 0.15) is 76.1 Å².